The predicted octanol–water partition coefficient (Wildman–Crippen LogP) is 1.94. The number of nitrogens with one attached hydrogen (secondary N) is 1. The summed E-state index contributed by atoms with van der Waals surface area (Å²) in [6.07, 6.45) is 1.75. The molecule has 0 bridgehead atoms. The lowest BCUT2D eigenvalue weighted by atomic mass is 10.1. The van der Waals surface area contributed by atoms with E-state index in [4.69, 9.17) is 10.5 Å². The number of carbonyl (C=O) groups excluding carboxylic acids is 1. The summed E-state index contributed by atoms with van der Waals surface area (Å²) in [6.45, 7) is 1.43. The Kier molecular flexibility index (Phi) is 4.02. The van der Waals surface area contributed by atoms with Crippen molar-refractivity contribution < 1.29 is 9.53 Å². The molecule has 1 amide bonds. The molecule has 1 aromatic rings. The lowest BCUT2D eigenvalue weighted by molar-refractivity contribution is 0.0696. The largest absolute Gasteiger partial charge is 0.398 e. The Labute approximate surface area is 109 Å². The number of ether oxygens (including phenoxy) is 1. The normalized spacial score (nSPS) is 16.8. The standard InChI is InChI=1S/C12H15BrN2O2/c13-10-2-1-8(7-11(10)14)12(16)15-9-3-5-17-6-4-9/h1-2,7,9H,3-6,14H2,(H,15,16). The number of nitrogen functional groups attached to an aromatic ring is 1. The van der Waals surface area contributed by atoms with Crippen LogP contribution in [0.4, 0.5) is 5.69 Å². The van der Waals surface area contributed by atoms with Gasteiger partial charge in [0.1, 0.15) is 0 Å². The van der Waals surface area contributed by atoms with Crippen LogP contribution in [0.25, 0.3) is 0 Å². The van der Waals surface area contributed by atoms with Crippen LogP contribution < -0.4 is 11.1 Å². The van der Waals surface area contributed by atoms with Crippen LogP contribution in [0.3, 0.4) is 0 Å². The van der Waals surface area contributed by atoms with E-state index in [0.29, 0.717) is 24.5 Å². The third-order valence-corrected chi connectivity index (χ3v) is 3.54. The maximum atomic E-state index is 12.0. The quantitative estimate of drug-likeness (QED) is 0.820. The molecule has 2 rings (SSSR count). The first-order valence-electron chi connectivity index (χ1n) is 5.60. The molecule has 0 aliphatic carbocycles. The Morgan fingerprint density at radius 3 is 2.76 bits per heavy atom. The minimum Gasteiger partial charge on any atom is -0.398 e. The van der Waals surface area contributed by atoms with Gasteiger partial charge in [0.15, 0.2) is 0 Å². The molecule has 3 N–H and O–H groups in total. The maximum absolute atomic E-state index is 12.0. The molecule has 1 aliphatic heterocycles. The number of hydrogen-bond acceptors (Lipinski definition) is 3. The lowest BCUT2D eigenvalue weighted by Crippen LogP contribution is -2.38. The molecule has 0 radical (unpaired) electrons. The third kappa shape index (κ3) is 3.20. The summed E-state index contributed by atoms with van der Waals surface area (Å²) in [6, 6.07) is 5.43. The van der Waals surface area contributed by atoms with Gasteiger partial charge in [-0.1, -0.05) is 0 Å². The maximum Gasteiger partial charge on any atom is 0.251 e. The first-order chi connectivity index (χ1) is 8.16. The zero-order valence-electron chi connectivity index (χ0n) is 9.41. The molecule has 1 aromatic carbocycles. The molecule has 0 spiro atoms. The van der Waals surface area contributed by atoms with Crippen LogP contribution in [0.1, 0.15) is 23.2 Å². The van der Waals surface area contributed by atoms with E-state index in [-0.39, 0.29) is 11.9 Å². The van der Waals surface area contributed by atoms with E-state index in [9.17, 15) is 4.79 Å². The average molecular weight is 299 g/mol. The second kappa shape index (κ2) is 5.51. The minimum atomic E-state index is -0.0731. The predicted molar refractivity (Wildman–Crippen MR) is 69.9 cm³/mol. The van der Waals surface area contributed by atoms with E-state index >= 15 is 0 Å². The number of halogens is 1. The van der Waals surface area contributed by atoms with E-state index < -0.39 is 0 Å². The molecule has 1 fully saturated rings. The summed E-state index contributed by atoms with van der Waals surface area (Å²) >= 11 is 3.30. The van der Waals surface area contributed by atoms with E-state index in [0.717, 1.165) is 17.3 Å². The average Bonchev–Trinajstić information content (AvgIpc) is 2.34. The number of amides is 1. The Balaban J connectivity index is 2.01. The molecule has 0 aromatic heterocycles. The Hall–Kier alpha value is -1.07. The second-order valence-electron chi connectivity index (χ2n) is 4.10. The first-order valence-corrected chi connectivity index (χ1v) is 6.40. The fourth-order valence-electron chi connectivity index (χ4n) is 1.80. The van der Waals surface area contributed by atoms with Gasteiger partial charge in [0.2, 0.25) is 0 Å². The van der Waals surface area contributed by atoms with Gasteiger partial charge in [0.25, 0.3) is 5.91 Å². The van der Waals surface area contributed by atoms with Crippen molar-refractivity contribution in [2.45, 2.75) is 18.9 Å². The van der Waals surface area contributed by atoms with Crippen LogP contribution in [-0.4, -0.2) is 25.2 Å². The van der Waals surface area contributed by atoms with Gasteiger partial charge in [-0.25, -0.2) is 0 Å². The van der Waals surface area contributed by atoms with Gasteiger partial charge in [0.05, 0.1) is 0 Å². The third-order valence-electron chi connectivity index (χ3n) is 2.81. The molecular formula is C12H15BrN2O2. The summed E-state index contributed by atoms with van der Waals surface area (Å²) in [5, 5.41) is 2.99. The van der Waals surface area contributed by atoms with Crippen molar-refractivity contribution in [1.29, 1.82) is 0 Å². The topological polar surface area (TPSA) is 64.4 Å². The number of rotatable bonds is 2. The Morgan fingerprint density at radius 2 is 2.12 bits per heavy atom. The van der Waals surface area contributed by atoms with Gasteiger partial charge in [-0.2, -0.15) is 0 Å². The van der Waals surface area contributed by atoms with Crippen molar-refractivity contribution in [3.05, 3.63) is 28.2 Å². The Bertz CT molecular complexity index is 417. The van der Waals surface area contributed by atoms with Crippen molar-refractivity contribution >= 4 is 27.5 Å². The molecular weight excluding hydrogens is 284 g/mol. The molecule has 4 nitrogen and oxygen atoms in total. The van der Waals surface area contributed by atoms with Crippen molar-refractivity contribution in [1.82, 2.24) is 5.32 Å². The van der Waals surface area contributed by atoms with Crippen molar-refractivity contribution in [3.8, 4) is 0 Å². The van der Waals surface area contributed by atoms with Crippen molar-refractivity contribution in [2.24, 2.45) is 0 Å². The molecule has 0 unspecified atom stereocenters. The zero-order valence-corrected chi connectivity index (χ0v) is 11.0. The second-order valence-corrected chi connectivity index (χ2v) is 4.95. The highest BCUT2D eigenvalue weighted by Crippen LogP contribution is 2.20. The summed E-state index contributed by atoms with van der Waals surface area (Å²) in [4.78, 5) is 12.0. The molecule has 1 heterocycles. The summed E-state index contributed by atoms with van der Waals surface area (Å²) in [5.41, 5.74) is 6.91. The summed E-state index contributed by atoms with van der Waals surface area (Å²) in [5.74, 6) is -0.0731. The zero-order chi connectivity index (χ0) is 12.3. The van der Waals surface area contributed by atoms with E-state index in [1.807, 2.05) is 0 Å². The fraction of sp³-hybridized carbons (Fsp3) is 0.417. The molecule has 0 atom stereocenters. The molecule has 92 valence electrons. The SMILES string of the molecule is Nc1cc(C(=O)NC2CCOCC2)ccc1Br. The molecule has 1 aliphatic rings. The highest BCUT2D eigenvalue weighted by Gasteiger charge is 2.17. The highest BCUT2D eigenvalue weighted by atomic mass is 79.9. The van der Waals surface area contributed by atoms with Crippen LogP contribution in [0, 0.1) is 0 Å². The smallest absolute Gasteiger partial charge is 0.251 e. The van der Waals surface area contributed by atoms with Gasteiger partial charge < -0.3 is 15.8 Å². The minimum absolute atomic E-state index is 0.0731. The molecule has 0 saturated carbocycles. The highest BCUT2D eigenvalue weighted by molar-refractivity contribution is 9.10. The van der Waals surface area contributed by atoms with E-state index in [1.54, 1.807) is 18.2 Å². The Morgan fingerprint density at radius 1 is 1.41 bits per heavy atom. The number of hydrogen-bond donors (Lipinski definition) is 2. The number of benzene rings is 1. The van der Waals surface area contributed by atoms with Crippen molar-refractivity contribution in [2.75, 3.05) is 18.9 Å². The van der Waals surface area contributed by atoms with Gasteiger partial charge in [-0.3, -0.25) is 4.79 Å². The number of nitrogens with two attached hydrogens (primary N) is 1. The van der Waals surface area contributed by atoms with Crippen LogP contribution in [0.5, 0.6) is 0 Å². The summed E-state index contributed by atoms with van der Waals surface area (Å²) in [7, 11) is 0. The lowest BCUT2D eigenvalue weighted by Gasteiger charge is -2.23. The number of carbonyl (C=O) groups is 1. The van der Waals surface area contributed by atoms with Gasteiger partial charge in [0, 0.05) is 35.0 Å². The molecule has 5 heteroatoms. The fourth-order valence-corrected chi connectivity index (χ4v) is 2.04. The molecule has 1 saturated heterocycles. The van der Waals surface area contributed by atoms with Crippen LogP contribution in [0.2, 0.25) is 0 Å². The monoisotopic (exact) mass is 298 g/mol. The summed E-state index contributed by atoms with van der Waals surface area (Å²) < 4.78 is 6.05. The van der Waals surface area contributed by atoms with Gasteiger partial charge in [-0.15, -0.1) is 0 Å². The van der Waals surface area contributed by atoms with Crippen LogP contribution >= 0.6 is 15.9 Å². The van der Waals surface area contributed by atoms with Gasteiger partial charge >= 0.3 is 0 Å². The number of anilines is 1. The van der Waals surface area contributed by atoms with E-state index in [2.05, 4.69) is 21.2 Å². The van der Waals surface area contributed by atoms with Gasteiger partial charge in [-0.05, 0) is 47.0 Å². The van der Waals surface area contributed by atoms with Crippen LogP contribution in [0.15, 0.2) is 22.7 Å². The van der Waals surface area contributed by atoms with E-state index in [1.165, 1.54) is 0 Å². The molecule has 17 heavy (non-hydrogen) atoms. The van der Waals surface area contributed by atoms with Crippen molar-refractivity contribution in [3.63, 3.8) is 0 Å². The van der Waals surface area contributed by atoms with Crippen LogP contribution in [-0.2, 0) is 4.74 Å². The first kappa shape index (κ1) is 12.4.